The van der Waals surface area contributed by atoms with Crippen molar-refractivity contribution in [2.24, 2.45) is 11.8 Å². The van der Waals surface area contributed by atoms with Gasteiger partial charge in [0.05, 0.1) is 0 Å². The Hall–Kier alpha value is -1.56. The quantitative estimate of drug-likeness (QED) is 0.918. The van der Waals surface area contributed by atoms with Crippen LogP contribution < -0.4 is 5.32 Å². The first-order valence-corrected chi connectivity index (χ1v) is 8.84. The monoisotopic (exact) mass is 319 g/mol. The van der Waals surface area contributed by atoms with Gasteiger partial charge in [0.15, 0.2) is 0 Å². The van der Waals surface area contributed by atoms with Crippen LogP contribution >= 0.6 is 0 Å². The Morgan fingerprint density at radius 2 is 2.26 bits per heavy atom. The van der Waals surface area contributed by atoms with E-state index in [1.54, 1.807) is 6.20 Å². The zero-order valence-corrected chi connectivity index (χ0v) is 14.3. The van der Waals surface area contributed by atoms with Gasteiger partial charge in [-0.25, -0.2) is 4.79 Å². The number of hydrogen-bond acceptors (Lipinski definition) is 3. The number of carbonyl (C=O) groups is 1. The van der Waals surface area contributed by atoms with Gasteiger partial charge in [0.1, 0.15) is 0 Å². The smallest absolute Gasteiger partial charge is 0.317 e. The van der Waals surface area contributed by atoms with Crippen LogP contribution in [0.15, 0.2) is 18.5 Å². The van der Waals surface area contributed by atoms with Crippen LogP contribution in [0.2, 0.25) is 0 Å². The third kappa shape index (κ3) is 4.05. The highest BCUT2D eigenvalue weighted by atomic mass is 16.2. The molecule has 2 amide bonds. The molecular weight excluding hydrogens is 290 g/mol. The number of aromatic nitrogens is 2. The highest BCUT2D eigenvalue weighted by molar-refractivity contribution is 5.74. The lowest BCUT2D eigenvalue weighted by atomic mass is 9.84. The molecule has 0 radical (unpaired) electrons. The van der Waals surface area contributed by atoms with Gasteiger partial charge in [0, 0.05) is 44.6 Å². The minimum absolute atomic E-state index is 0.122. The van der Waals surface area contributed by atoms with Crippen LogP contribution in [-0.2, 0) is 6.54 Å². The average Bonchev–Trinajstić information content (AvgIpc) is 3.04. The van der Waals surface area contributed by atoms with Crippen molar-refractivity contribution in [3.8, 4) is 0 Å². The van der Waals surface area contributed by atoms with Crippen LogP contribution in [0.25, 0.3) is 0 Å². The number of fused-ring (bicyclic) bond motifs is 1. The largest absolute Gasteiger partial charge is 0.338 e. The molecule has 0 aromatic carbocycles. The number of nitrogens with zero attached hydrogens (tertiary/aromatic N) is 4. The number of carbonyl (C=O) groups excluding carboxylic acids is 1. The van der Waals surface area contributed by atoms with Crippen molar-refractivity contribution in [2.45, 2.75) is 38.8 Å². The molecule has 1 N–H and O–H groups in total. The Balaban J connectivity index is 1.49. The minimum Gasteiger partial charge on any atom is -0.338 e. The number of rotatable bonds is 4. The van der Waals surface area contributed by atoms with E-state index in [-0.39, 0.29) is 6.03 Å². The zero-order valence-electron chi connectivity index (χ0n) is 14.3. The minimum atomic E-state index is 0.122. The lowest BCUT2D eigenvalue weighted by Gasteiger charge is -2.46. The van der Waals surface area contributed by atoms with Crippen LogP contribution in [0.5, 0.6) is 0 Å². The summed E-state index contributed by atoms with van der Waals surface area (Å²) in [6.07, 6.45) is 7.25. The summed E-state index contributed by atoms with van der Waals surface area (Å²) < 4.78 is 1.92. The Morgan fingerprint density at radius 3 is 3.04 bits per heavy atom. The fourth-order valence-corrected chi connectivity index (χ4v) is 3.99. The Bertz CT molecular complexity index is 503. The molecule has 0 spiro atoms. The summed E-state index contributed by atoms with van der Waals surface area (Å²) in [6, 6.07) is 2.48. The van der Waals surface area contributed by atoms with E-state index >= 15 is 0 Å². The van der Waals surface area contributed by atoms with Crippen LogP contribution in [0, 0.1) is 11.8 Å². The predicted molar refractivity (Wildman–Crippen MR) is 90.1 cm³/mol. The fourth-order valence-electron chi connectivity index (χ4n) is 3.99. The van der Waals surface area contributed by atoms with Gasteiger partial charge in [-0.1, -0.05) is 6.92 Å². The summed E-state index contributed by atoms with van der Waals surface area (Å²) in [5, 5.41) is 7.36. The second-order valence-corrected chi connectivity index (χ2v) is 7.23. The summed E-state index contributed by atoms with van der Waals surface area (Å²) in [6.45, 7) is 6.82. The molecule has 2 aliphatic heterocycles. The molecule has 3 heterocycles. The second-order valence-electron chi connectivity index (χ2n) is 7.23. The predicted octanol–water partition coefficient (Wildman–Crippen LogP) is 1.64. The van der Waals surface area contributed by atoms with Crippen molar-refractivity contribution in [1.29, 1.82) is 0 Å². The summed E-state index contributed by atoms with van der Waals surface area (Å²) in [4.78, 5) is 17.1. The van der Waals surface area contributed by atoms with E-state index in [9.17, 15) is 4.79 Å². The fraction of sp³-hybridized carbons (Fsp3) is 0.765. The second kappa shape index (κ2) is 7.34. The number of amides is 2. The third-order valence-corrected chi connectivity index (χ3v) is 5.19. The van der Waals surface area contributed by atoms with E-state index in [0.717, 1.165) is 39.0 Å². The molecule has 0 aliphatic carbocycles. The summed E-state index contributed by atoms with van der Waals surface area (Å²) in [7, 11) is 2.19. The van der Waals surface area contributed by atoms with Gasteiger partial charge >= 0.3 is 6.03 Å². The van der Waals surface area contributed by atoms with E-state index < -0.39 is 0 Å². The van der Waals surface area contributed by atoms with Gasteiger partial charge in [-0.2, -0.15) is 5.10 Å². The Kier molecular flexibility index (Phi) is 5.20. The average molecular weight is 319 g/mol. The highest BCUT2D eigenvalue weighted by Gasteiger charge is 2.37. The Labute approximate surface area is 138 Å². The lowest BCUT2D eigenvalue weighted by Crippen LogP contribution is -2.57. The first-order valence-electron chi connectivity index (χ1n) is 8.84. The van der Waals surface area contributed by atoms with E-state index in [1.807, 2.05) is 16.9 Å². The topological polar surface area (TPSA) is 53.4 Å². The molecular formula is C17H29N5O. The number of hydrogen-bond donors (Lipinski definition) is 1. The lowest BCUT2D eigenvalue weighted by molar-refractivity contribution is 0.0530. The molecule has 0 unspecified atom stereocenters. The molecule has 0 saturated carbocycles. The molecule has 2 saturated heterocycles. The molecule has 23 heavy (non-hydrogen) atoms. The Morgan fingerprint density at radius 1 is 1.39 bits per heavy atom. The van der Waals surface area contributed by atoms with E-state index in [4.69, 9.17) is 0 Å². The maximum atomic E-state index is 12.6. The molecule has 2 aliphatic rings. The molecule has 3 atom stereocenters. The van der Waals surface area contributed by atoms with Gasteiger partial charge in [0.2, 0.25) is 0 Å². The SMILES string of the molecule is C[C@H](CNC(=O)N1CCC[C@@H]2CN(C)CC[C@@H]21)Cn1cccn1. The maximum Gasteiger partial charge on any atom is 0.317 e. The number of nitrogens with one attached hydrogen (secondary N) is 1. The third-order valence-electron chi connectivity index (χ3n) is 5.19. The number of urea groups is 1. The molecule has 2 fully saturated rings. The highest BCUT2D eigenvalue weighted by Crippen LogP contribution is 2.30. The van der Waals surface area contributed by atoms with Crippen molar-refractivity contribution in [3.63, 3.8) is 0 Å². The van der Waals surface area contributed by atoms with Crippen molar-refractivity contribution in [2.75, 3.05) is 33.2 Å². The zero-order chi connectivity index (χ0) is 16.2. The molecule has 6 nitrogen and oxygen atoms in total. The standard InChI is InChI=1S/C17H29N5O/c1-14(12-21-8-4-7-19-21)11-18-17(23)22-9-3-5-15-13-20(2)10-6-16(15)22/h4,7-8,14-16H,3,5-6,9-13H2,1-2H3,(H,18,23)/t14-,15-,16+/m1/s1. The molecule has 0 bridgehead atoms. The van der Waals surface area contributed by atoms with Gasteiger partial charge < -0.3 is 15.1 Å². The molecule has 3 rings (SSSR count). The summed E-state index contributed by atoms with van der Waals surface area (Å²) in [5.41, 5.74) is 0. The van der Waals surface area contributed by atoms with Crippen LogP contribution in [0.3, 0.4) is 0 Å². The van der Waals surface area contributed by atoms with Gasteiger partial charge in [-0.15, -0.1) is 0 Å². The van der Waals surface area contributed by atoms with E-state index in [2.05, 4.69) is 34.2 Å². The summed E-state index contributed by atoms with van der Waals surface area (Å²) in [5.74, 6) is 1.02. The van der Waals surface area contributed by atoms with Crippen LogP contribution in [0.1, 0.15) is 26.2 Å². The van der Waals surface area contributed by atoms with Crippen molar-refractivity contribution in [3.05, 3.63) is 18.5 Å². The molecule has 1 aromatic rings. The van der Waals surface area contributed by atoms with Crippen molar-refractivity contribution < 1.29 is 4.79 Å². The molecule has 6 heteroatoms. The first kappa shape index (κ1) is 16.3. The first-order chi connectivity index (χ1) is 11.1. The maximum absolute atomic E-state index is 12.6. The number of piperidine rings is 2. The van der Waals surface area contributed by atoms with Gasteiger partial charge in [0.25, 0.3) is 0 Å². The van der Waals surface area contributed by atoms with E-state index in [1.165, 1.54) is 6.42 Å². The van der Waals surface area contributed by atoms with Gasteiger partial charge in [-0.05, 0) is 50.8 Å². The normalized spacial score (nSPS) is 26.6. The summed E-state index contributed by atoms with van der Waals surface area (Å²) >= 11 is 0. The van der Waals surface area contributed by atoms with Crippen LogP contribution in [0.4, 0.5) is 4.79 Å². The van der Waals surface area contributed by atoms with E-state index in [0.29, 0.717) is 24.4 Å². The molecule has 128 valence electrons. The van der Waals surface area contributed by atoms with Crippen molar-refractivity contribution in [1.82, 2.24) is 24.9 Å². The molecule has 1 aromatic heterocycles. The number of likely N-dealkylation sites (tertiary alicyclic amines) is 2. The van der Waals surface area contributed by atoms with Crippen LogP contribution in [-0.4, -0.2) is 64.9 Å². The van der Waals surface area contributed by atoms with Gasteiger partial charge in [-0.3, -0.25) is 4.68 Å². The van der Waals surface area contributed by atoms with Crippen molar-refractivity contribution >= 4 is 6.03 Å².